The van der Waals surface area contributed by atoms with Gasteiger partial charge in [0.25, 0.3) is 5.91 Å². The van der Waals surface area contributed by atoms with E-state index in [-0.39, 0.29) is 5.91 Å². The summed E-state index contributed by atoms with van der Waals surface area (Å²) in [5.74, 6) is 0.912. The summed E-state index contributed by atoms with van der Waals surface area (Å²) in [6, 6.07) is 11.2. The van der Waals surface area contributed by atoms with Gasteiger partial charge in [-0.25, -0.2) is 4.98 Å². The molecule has 6 nitrogen and oxygen atoms in total. The maximum Gasteiger partial charge on any atom is 0.272 e. The second-order valence-electron chi connectivity index (χ2n) is 5.91. The lowest BCUT2D eigenvalue weighted by Gasteiger charge is -2.20. The van der Waals surface area contributed by atoms with Gasteiger partial charge in [-0.15, -0.1) is 0 Å². The number of carbonyl (C=O) groups excluding carboxylic acids is 1. The molecule has 0 aliphatic carbocycles. The number of methoxy groups -OCH3 is 1. The van der Waals surface area contributed by atoms with E-state index < -0.39 is 5.60 Å². The summed E-state index contributed by atoms with van der Waals surface area (Å²) in [7, 11) is 1.60. The number of hydrogen-bond donors (Lipinski definition) is 1. The number of para-hydroxylation sites is 1. The van der Waals surface area contributed by atoms with Crippen LogP contribution in [-0.4, -0.2) is 29.3 Å². The van der Waals surface area contributed by atoms with Gasteiger partial charge in [0.1, 0.15) is 11.6 Å². The second-order valence-corrected chi connectivity index (χ2v) is 5.91. The van der Waals surface area contributed by atoms with E-state index in [4.69, 9.17) is 9.57 Å². The third-order valence-electron chi connectivity index (χ3n) is 3.92. The van der Waals surface area contributed by atoms with Gasteiger partial charge in [0.2, 0.25) is 5.60 Å². The van der Waals surface area contributed by atoms with Crippen LogP contribution >= 0.6 is 0 Å². The summed E-state index contributed by atoms with van der Waals surface area (Å²) in [6.07, 6.45) is 2.00. The molecular weight excluding hydrogens is 306 g/mol. The number of aromatic nitrogens is 1. The van der Waals surface area contributed by atoms with Gasteiger partial charge in [-0.1, -0.05) is 17.3 Å². The number of nitrogens with zero attached hydrogens (tertiary/aromatic N) is 2. The first-order valence-corrected chi connectivity index (χ1v) is 7.64. The van der Waals surface area contributed by atoms with Crippen molar-refractivity contribution in [3.05, 3.63) is 53.7 Å². The van der Waals surface area contributed by atoms with Crippen molar-refractivity contribution in [2.45, 2.75) is 25.9 Å². The molecule has 0 saturated heterocycles. The van der Waals surface area contributed by atoms with Gasteiger partial charge in [0, 0.05) is 18.2 Å². The molecule has 1 amide bonds. The minimum absolute atomic E-state index is 0.283. The zero-order valence-electron chi connectivity index (χ0n) is 13.9. The minimum Gasteiger partial charge on any atom is -0.496 e. The highest BCUT2D eigenvalue weighted by atomic mass is 16.7. The molecule has 0 bridgehead atoms. The molecule has 24 heavy (non-hydrogen) atoms. The van der Waals surface area contributed by atoms with Gasteiger partial charge >= 0.3 is 0 Å². The van der Waals surface area contributed by atoms with Crippen LogP contribution in [0.15, 0.2) is 47.8 Å². The van der Waals surface area contributed by atoms with E-state index in [2.05, 4.69) is 15.5 Å². The van der Waals surface area contributed by atoms with Crippen molar-refractivity contribution in [1.29, 1.82) is 0 Å². The number of anilines is 1. The Morgan fingerprint density at radius 3 is 2.88 bits per heavy atom. The van der Waals surface area contributed by atoms with Crippen LogP contribution in [0.5, 0.6) is 5.75 Å². The maximum absolute atomic E-state index is 12.6. The monoisotopic (exact) mass is 325 g/mol. The number of benzene rings is 1. The lowest BCUT2D eigenvalue weighted by Crippen LogP contribution is -2.40. The lowest BCUT2D eigenvalue weighted by molar-refractivity contribution is -0.135. The van der Waals surface area contributed by atoms with Crippen LogP contribution in [0, 0.1) is 6.92 Å². The average Bonchev–Trinajstić information content (AvgIpc) is 2.98. The number of ether oxygens (including phenoxy) is 1. The summed E-state index contributed by atoms with van der Waals surface area (Å²) in [5, 5.41) is 6.89. The highest BCUT2D eigenvalue weighted by Gasteiger charge is 2.43. The smallest absolute Gasteiger partial charge is 0.272 e. The fourth-order valence-electron chi connectivity index (χ4n) is 2.54. The number of rotatable bonds is 4. The molecule has 6 heteroatoms. The largest absolute Gasteiger partial charge is 0.496 e. The molecule has 1 aromatic carbocycles. The third kappa shape index (κ3) is 3.08. The van der Waals surface area contributed by atoms with E-state index in [1.165, 1.54) is 0 Å². The van der Waals surface area contributed by atoms with Crippen LogP contribution in [0.1, 0.15) is 24.5 Å². The van der Waals surface area contributed by atoms with Gasteiger partial charge < -0.3 is 14.9 Å². The lowest BCUT2D eigenvalue weighted by atomic mass is 9.94. The molecule has 3 rings (SSSR count). The first kappa shape index (κ1) is 16.0. The number of aryl methyl sites for hydroxylation is 1. The number of amides is 1. The molecule has 2 heterocycles. The zero-order chi connectivity index (χ0) is 17.2. The van der Waals surface area contributed by atoms with E-state index in [9.17, 15) is 4.79 Å². The molecule has 2 aromatic rings. The molecule has 0 spiro atoms. The van der Waals surface area contributed by atoms with Crippen LogP contribution < -0.4 is 10.1 Å². The van der Waals surface area contributed by atoms with Gasteiger partial charge in [0.15, 0.2) is 0 Å². The quantitative estimate of drug-likeness (QED) is 0.938. The molecule has 1 unspecified atom stereocenters. The summed E-state index contributed by atoms with van der Waals surface area (Å²) >= 11 is 0. The Morgan fingerprint density at radius 1 is 1.33 bits per heavy atom. The van der Waals surface area contributed by atoms with Crippen molar-refractivity contribution in [3.8, 4) is 5.75 Å². The van der Waals surface area contributed by atoms with Gasteiger partial charge in [-0.3, -0.25) is 4.79 Å². The Hall–Kier alpha value is -2.89. The van der Waals surface area contributed by atoms with Crippen molar-refractivity contribution in [1.82, 2.24) is 4.98 Å². The van der Waals surface area contributed by atoms with E-state index >= 15 is 0 Å². The highest BCUT2D eigenvalue weighted by molar-refractivity contribution is 6.09. The Bertz CT molecular complexity index is 804. The van der Waals surface area contributed by atoms with Crippen LogP contribution in [0.2, 0.25) is 0 Å². The first-order chi connectivity index (χ1) is 11.5. The maximum atomic E-state index is 12.6. The Balaban J connectivity index is 1.75. The number of oxime groups is 1. The van der Waals surface area contributed by atoms with Crippen molar-refractivity contribution in [2.24, 2.45) is 5.16 Å². The number of pyridine rings is 1. The van der Waals surface area contributed by atoms with Gasteiger partial charge in [0.05, 0.1) is 12.8 Å². The topological polar surface area (TPSA) is 72.8 Å². The van der Waals surface area contributed by atoms with Crippen LogP contribution in [0.4, 0.5) is 5.82 Å². The SMILES string of the molecule is COc1ccccc1C1=NOC(C)(C(=O)Nc2cc(C)ccn2)C1. The van der Waals surface area contributed by atoms with E-state index in [1.807, 2.05) is 37.3 Å². The molecule has 1 atom stereocenters. The minimum atomic E-state index is -1.08. The highest BCUT2D eigenvalue weighted by Crippen LogP contribution is 2.31. The summed E-state index contributed by atoms with van der Waals surface area (Å²) in [6.45, 7) is 3.65. The molecule has 1 N–H and O–H groups in total. The third-order valence-corrected chi connectivity index (χ3v) is 3.92. The number of carbonyl (C=O) groups is 1. The molecular formula is C18H19N3O3. The molecule has 1 aliphatic rings. The normalized spacial score (nSPS) is 19.4. The van der Waals surface area contributed by atoms with E-state index in [1.54, 1.807) is 26.3 Å². The summed E-state index contributed by atoms with van der Waals surface area (Å²) < 4.78 is 5.35. The predicted octanol–water partition coefficient (Wildman–Crippen LogP) is 2.92. The standard InChI is InChI=1S/C18H19N3O3/c1-12-8-9-19-16(10-12)20-17(22)18(2)11-14(21-24-18)13-6-4-5-7-15(13)23-3/h4-10H,11H2,1-3H3,(H,19,20,22). The van der Waals surface area contributed by atoms with Crippen molar-refractivity contribution < 1.29 is 14.4 Å². The molecule has 0 fully saturated rings. The average molecular weight is 325 g/mol. The molecule has 124 valence electrons. The van der Waals surface area contributed by atoms with Gasteiger partial charge in [-0.2, -0.15) is 0 Å². The Labute approximate surface area is 140 Å². The Morgan fingerprint density at radius 2 is 2.12 bits per heavy atom. The number of hydrogen-bond acceptors (Lipinski definition) is 5. The molecule has 0 saturated carbocycles. The number of nitrogens with one attached hydrogen (secondary N) is 1. The summed E-state index contributed by atoms with van der Waals surface area (Å²) in [4.78, 5) is 22.2. The van der Waals surface area contributed by atoms with Crippen molar-refractivity contribution in [2.75, 3.05) is 12.4 Å². The van der Waals surface area contributed by atoms with Gasteiger partial charge in [-0.05, 0) is 43.7 Å². The summed E-state index contributed by atoms with van der Waals surface area (Å²) in [5.41, 5.74) is 1.44. The van der Waals surface area contributed by atoms with E-state index in [0.717, 1.165) is 11.1 Å². The molecule has 1 aromatic heterocycles. The molecule has 1 aliphatic heterocycles. The fourth-order valence-corrected chi connectivity index (χ4v) is 2.54. The first-order valence-electron chi connectivity index (χ1n) is 7.64. The second kappa shape index (κ2) is 6.31. The zero-order valence-corrected chi connectivity index (χ0v) is 13.9. The van der Waals surface area contributed by atoms with Crippen molar-refractivity contribution in [3.63, 3.8) is 0 Å². The van der Waals surface area contributed by atoms with Crippen LogP contribution in [-0.2, 0) is 9.63 Å². The van der Waals surface area contributed by atoms with Crippen molar-refractivity contribution >= 4 is 17.4 Å². The van der Waals surface area contributed by atoms with E-state index in [0.29, 0.717) is 23.7 Å². The fraction of sp³-hybridized carbons (Fsp3) is 0.278. The van der Waals surface area contributed by atoms with Crippen LogP contribution in [0.25, 0.3) is 0 Å². The Kier molecular flexibility index (Phi) is 4.20. The predicted molar refractivity (Wildman–Crippen MR) is 91.2 cm³/mol. The van der Waals surface area contributed by atoms with Crippen LogP contribution in [0.3, 0.4) is 0 Å². The molecule has 0 radical (unpaired) electrons.